The summed E-state index contributed by atoms with van der Waals surface area (Å²) in [5, 5.41) is 23.8. The lowest BCUT2D eigenvalue weighted by molar-refractivity contribution is -0.433. The molecule has 11 heteroatoms. The lowest BCUT2D eigenvalue weighted by atomic mass is 10.2. The standard InChI is InChI=1S/C20H31ClN6O4/c1-3-26(13-16-7-8-18(21)23-12-16)20-17(27(30)31)14-25(15-24(20)2)10-5-9-22-19(29)6-4-11-28/h7-8,12,28H,3-6,9-11,13-15H2,1-2H3,(H,22,29). The number of nitrogens with one attached hydrogen (secondary N) is 1. The number of aromatic nitrogens is 1. The van der Waals surface area contributed by atoms with Crippen molar-refractivity contribution in [2.24, 2.45) is 0 Å². The molecule has 1 aliphatic rings. The highest BCUT2D eigenvalue weighted by molar-refractivity contribution is 6.29. The lowest BCUT2D eigenvalue weighted by Crippen LogP contribution is -2.48. The maximum atomic E-state index is 11.9. The molecule has 1 aromatic heterocycles. The quantitative estimate of drug-likeness (QED) is 0.211. The van der Waals surface area contributed by atoms with Crippen LogP contribution in [-0.4, -0.2) is 82.1 Å². The van der Waals surface area contributed by atoms with E-state index in [2.05, 4.69) is 10.3 Å². The first kappa shape index (κ1) is 24.8. The van der Waals surface area contributed by atoms with E-state index in [1.807, 2.05) is 34.7 Å². The molecule has 2 heterocycles. The average molecular weight is 455 g/mol. The molecule has 0 aliphatic carbocycles. The Hall–Kier alpha value is -2.43. The van der Waals surface area contributed by atoms with Crippen LogP contribution in [0.15, 0.2) is 29.8 Å². The van der Waals surface area contributed by atoms with E-state index in [1.54, 1.807) is 12.3 Å². The van der Waals surface area contributed by atoms with Crippen molar-refractivity contribution in [2.45, 2.75) is 32.7 Å². The molecule has 0 fully saturated rings. The molecule has 0 saturated carbocycles. The highest BCUT2D eigenvalue weighted by Gasteiger charge is 2.33. The molecule has 172 valence electrons. The zero-order chi connectivity index (χ0) is 22.8. The van der Waals surface area contributed by atoms with Crippen molar-refractivity contribution in [3.63, 3.8) is 0 Å². The summed E-state index contributed by atoms with van der Waals surface area (Å²) in [7, 11) is 1.85. The van der Waals surface area contributed by atoms with Gasteiger partial charge in [-0.05, 0) is 31.4 Å². The van der Waals surface area contributed by atoms with Crippen molar-refractivity contribution in [1.29, 1.82) is 0 Å². The third-order valence-corrected chi connectivity index (χ3v) is 5.23. The van der Waals surface area contributed by atoms with E-state index in [0.717, 1.165) is 5.56 Å². The van der Waals surface area contributed by atoms with Gasteiger partial charge in [0.2, 0.25) is 5.91 Å². The van der Waals surface area contributed by atoms with Gasteiger partial charge >= 0.3 is 0 Å². The molecule has 1 aliphatic heterocycles. The smallest absolute Gasteiger partial charge is 0.300 e. The van der Waals surface area contributed by atoms with Crippen LogP contribution in [0.4, 0.5) is 0 Å². The molecule has 0 radical (unpaired) electrons. The first-order valence-electron chi connectivity index (χ1n) is 10.4. The molecule has 10 nitrogen and oxygen atoms in total. The second-order valence-corrected chi connectivity index (χ2v) is 7.84. The van der Waals surface area contributed by atoms with E-state index < -0.39 is 0 Å². The summed E-state index contributed by atoms with van der Waals surface area (Å²) >= 11 is 5.86. The van der Waals surface area contributed by atoms with Crippen molar-refractivity contribution in [2.75, 3.05) is 46.5 Å². The fraction of sp³-hybridized carbons (Fsp3) is 0.600. The summed E-state index contributed by atoms with van der Waals surface area (Å²) < 4.78 is 0. The molecule has 0 saturated heterocycles. The molecule has 0 spiro atoms. The van der Waals surface area contributed by atoms with Crippen LogP contribution in [0.2, 0.25) is 5.15 Å². The lowest BCUT2D eigenvalue weighted by Gasteiger charge is -2.39. The number of amides is 1. The predicted molar refractivity (Wildman–Crippen MR) is 118 cm³/mol. The van der Waals surface area contributed by atoms with E-state index in [0.29, 0.717) is 63.1 Å². The monoisotopic (exact) mass is 454 g/mol. The van der Waals surface area contributed by atoms with Gasteiger partial charge in [-0.2, -0.15) is 0 Å². The Balaban J connectivity index is 2.01. The maximum Gasteiger partial charge on any atom is 0.300 e. The van der Waals surface area contributed by atoms with E-state index in [4.69, 9.17) is 16.7 Å². The summed E-state index contributed by atoms with van der Waals surface area (Å²) in [4.78, 5) is 33.1. The third kappa shape index (κ3) is 7.64. The van der Waals surface area contributed by atoms with Crippen molar-refractivity contribution in [3.8, 4) is 0 Å². The van der Waals surface area contributed by atoms with Crippen LogP contribution in [0.25, 0.3) is 0 Å². The number of hydrogen-bond donors (Lipinski definition) is 2. The first-order valence-corrected chi connectivity index (χ1v) is 10.8. The Morgan fingerprint density at radius 3 is 2.81 bits per heavy atom. The minimum absolute atomic E-state index is 0.00479. The summed E-state index contributed by atoms with van der Waals surface area (Å²) in [5.41, 5.74) is 1.08. The van der Waals surface area contributed by atoms with Crippen LogP contribution in [-0.2, 0) is 11.3 Å². The number of pyridine rings is 1. The molecule has 1 amide bonds. The van der Waals surface area contributed by atoms with Crippen LogP contribution in [0.1, 0.15) is 31.7 Å². The predicted octanol–water partition coefficient (Wildman–Crippen LogP) is 1.49. The van der Waals surface area contributed by atoms with Gasteiger partial charge in [0.25, 0.3) is 5.70 Å². The van der Waals surface area contributed by atoms with Crippen LogP contribution in [0.5, 0.6) is 0 Å². The molecular weight excluding hydrogens is 424 g/mol. The molecule has 0 bridgehead atoms. The van der Waals surface area contributed by atoms with Gasteiger partial charge < -0.3 is 20.2 Å². The fourth-order valence-corrected chi connectivity index (χ4v) is 3.66. The van der Waals surface area contributed by atoms with Crippen LogP contribution in [0.3, 0.4) is 0 Å². The van der Waals surface area contributed by atoms with Gasteiger partial charge in [-0.1, -0.05) is 17.7 Å². The number of carbonyl (C=O) groups excluding carboxylic acids is 1. The Morgan fingerprint density at radius 1 is 1.42 bits per heavy atom. The highest BCUT2D eigenvalue weighted by Crippen LogP contribution is 2.23. The Labute approximate surface area is 187 Å². The maximum absolute atomic E-state index is 11.9. The summed E-state index contributed by atoms with van der Waals surface area (Å²) in [6, 6.07) is 3.58. The molecule has 31 heavy (non-hydrogen) atoms. The van der Waals surface area contributed by atoms with E-state index in [-0.39, 0.29) is 29.7 Å². The molecule has 0 unspecified atom stereocenters. The fourth-order valence-electron chi connectivity index (χ4n) is 3.55. The van der Waals surface area contributed by atoms with Crippen molar-refractivity contribution >= 4 is 17.5 Å². The Bertz CT molecular complexity index is 773. The second kappa shape index (κ2) is 12.4. The zero-order valence-electron chi connectivity index (χ0n) is 18.1. The molecule has 1 aromatic rings. The van der Waals surface area contributed by atoms with E-state index >= 15 is 0 Å². The van der Waals surface area contributed by atoms with Gasteiger partial charge in [0, 0.05) is 52.5 Å². The van der Waals surface area contributed by atoms with Crippen molar-refractivity contribution in [3.05, 3.63) is 50.7 Å². The summed E-state index contributed by atoms with van der Waals surface area (Å²) in [6.45, 7) is 4.99. The van der Waals surface area contributed by atoms with E-state index in [9.17, 15) is 14.9 Å². The SMILES string of the molecule is CCN(Cc1ccc(Cl)nc1)C1=C([N+](=O)[O-])CN(CCCNC(=O)CCCO)CN1C. The normalized spacial score (nSPS) is 14.6. The average Bonchev–Trinajstić information content (AvgIpc) is 2.74. The van der Waals surface area contributed by atoms with E-state index in [1.165, 1.54) is 0 Å². The number of nitro groups is 1. The number of aliphatic hydroxyl groups excluding tert-OH is 1. The number of nitrogens with zero attached hydrogens (tertiary/aromatic N) is 5. The summed E-state index contributed by atoms with van der Waals surface area (Å²) in [6.07, 6.45) is 3.12. The number of rotatable bonds is 12. The first-order chi connectivity index (χ1) is 14.8. The second-order valence-electron chi connectivity index (χ2n) is 7.45. The Kier molecular flexibility index (Phi) is 9.96. The minimum Gasteiger partial charge on any atom is -0.396 e. The summed E-state index contributed by atoms with van der Waals surface area (Å²) in [5.74, 6) is 0.518. The van der Waals surface area contributed by atoms with Gasteiger partial charge in [-0.3, -0.25) is 19.8 Å². The van der Waals surface area contributed by atoms with Gasteiger partial charge in [-0.15, -0.1) is 0 Å². The van der Waals surface area contributed by atoms with Gasteiger partial charge in [-0.25, -0.2) is 4.98 Å². The number of aliphatic hydroxyl groups is 1. The Morgan fingerprint density at radius 2 is 2.19 bits per heavy atom. The molecular formula is C20H31ClN6O4. The van der Waals surface area contributed by atoms with Crippen LogP contribution in [0, 0.1) is 10.1 Å². The highest BCUT2D eigenvalue weighted by atomic mass is 35.5. The van der Waals surface area contributed by atoms with Gasteiger partial charge in [0.15, 0.2) is 5.82 Å². The van der Waals surface area contributed by atoms with Crippen LogP contribution < -0.4 is 5.32 Å². The third-order valence-electron chi connectivity index (χ3n) is 5.00. The van der Waals surface area contributed by atoms with Gasteiger partial charge in [0.05, 0.1) is 18.1 Å². The number of carbonyl (C=O) groups is 1. The van der Waals surface area contributed by atoms with Crippen molar-refractivity contribution < 1.29 is 14.8 Å². The molecule has 2 N–H and O–H groups in total. The van der Waals surface area contributed by atoms with Gasteiger partial charge in [0.1, 0.15) is 5.15 Å². The zero-order valence-corrected chi connectivity index (χ0v) is 18.8. The number of halogens is 1. The molecule has 0 atom stereocenters. The van der Waals surface area contributed by atoms with Crippen LogP contribution >= 0.6 is 11.6 Å². The number of hydrogen-bond acceptors (Lipinski definition) is 8. The molecule has 2 rings (SSSR count). The topological polar surface area (TPSA) is 115 Å². The minimum atomic E-state index is -0.308. The largest absolute Gasteiger partial charge is 0.396 e. The molecule has 0 aromatic carbocycles. The van der Waals surface area contributed by atoms with Crippen molar-refractivity contribution in [1.82, 2.24) is 25.0 Å².